The first-order valence-electron chi connectivity index (χ1n) is 9.73. The monoisotopic (exact) mass is 337 g/mol. The second-order valence-electron chi connectivity index (χ2n) is 6.73. The van der Waals surface area contributed by atoms with Crippen molar-refractivity contribution in [2.75, 3.05) is 13.1 Å². The minimum Gasteiger partial charge on any atom is -0.299 e. The molecule has 2 heteroatoms. The average molecular weight is 338 g/mol. The first-order valence-corrected chi connectivity index (χ1v) is 10.1. The molecule has 23 heavy (non-hydrogen) atoms. The molecule has 0 aromatic heterocycles. The molecule has 1 aromatic carbocycles. The van der Waals surface area contributed by atoms with E-state index in [-0.39, 0.29) is 0 Å². The van der Waals surface area contributed by atoms with Crippen LogP contribution in [0, 0.1) is 0 Å². The Labute approximate surface area is 149 Å². The van der Waals surface area contributed by atoms with Crippen LogP contribution in [0.15, 0.2) is 24.3 Å². The summed E-state index contributed by atoms with van der Waals surface area (Å²) in [6.07, 6.45) is 13.6. The summed E-state index contributed by atoms with van der Waals surface area (Å²) in [5.74, 6) is 0. The van der Waals surface area contributed by atoms with E-state index in [1.165, 1.54) is 82.9 Å². The smallest absolute Gasteiger partial charge is 0.0406 e. The van der Waals surface area contributed by atoms with Crippen LogP contribution in [0.1, 0.15) is 83.6 Å². The third kappa shape index (κ3) is 10.8. The van der Waals surface area contributed by atoms with E-state index in [1.54, 1.807) is 0 Å². The van der Waals surface area contributed by atoms with Crippen LogP contribution in [-0.4, -0.2) is 18.0 Å². The van der Waals surface area contributed by atoms with Gasteiger partial charge in [0.1, 0.15) is 0 Å². The number of nitrogens with zero attached hydrogens (tertiary/aromatic N) is 1. The van der Waals surface area contributed by atoms with E-state index in [0.717, 1.165) is 11.6 Å². The van der Waals surface area contributed by atoms with Crippen molar-refractivity contribution in [2.24, 2.45) is 0 Å². The molecular weight excluding hydrogens is 302 g/mol. The van der Waals surface area contributed by atoms with Crippen LogP contribution >= 0.6 is 11.6 Å². The largest absolute Gasteiger partial charge is 0.299 e. The Kier molecular flexibility index (Phi) is 12.4. The third-order valence-corrected chi connectivity index (χ3v) is 4.73. The van der Waals surface area contributed by atoms with Crippen molar-refractivity contribution >= 4 is 11.6 Å². The summed E-state index contributed by atoms with van der Waals surface area (Å²) in [7, 11) is 0. The van der Waals surface area contributed by atoms with Gasteiger partial charge in [0.05, 0.1) is 0 Å². The van der Waals surface area contributed by atoms with Crippen molar-refractivity contribution in [3.63, 3.8) is 0 Å². The SMILES string of the molecule is CCCCCCCN(CCCCCCC)Cc1ccc(Cl)cc1. The highest BCUT2D eigenvalue weighted by Crippen LogP contribution is 2.14. The zero-order valence-corrected chi connectivity index (χ0v) is 16.1. The van der Waals surface area contributed by atoms with Gasteiger partial charge >= 0.3 is 0 Å². The lowest BCUT2D eigenvalue weighted by Crippen LogP contribution is -2.25. The van der Waals surface area contributed by atoms with E-state index in [9.17, 15) is 0 Å². The minimum atomic E-state index is 0.833. The van der Waals surface area contributed by atoms with E-state index in [4.69, 9.17) is 11.6 Å². The molecule has 0 aliphatic rings. The number of unbranched alkanes of at least 4 members (excludes halogenated alkanes) is 8. The summed E-state index contributed by atoms with van der Waals surface area (Å²) in [4.78, 5) is 2.64. The summed E-state index contributed by atoms with van der Waals surface area (Å²) in [6.45, 7) is 8.10. The third-order valence-electron chi connectivity index (χ3n) is 4.48. The molecule has 0 spiro atoms. The van der Waals surface area contributed by atoms with Crippen molar-refractivity contribution in [1.29, 1.82) is 0 Å². The Morgan fingerprint density at radius 2 is 1.17 bits per heavy atom. The Morgan fingerprint density at radius 1 is 0.696 bits per heavy atom. The fourth-order valence-corrected chi connectivity index (χ4v) is 3.12. The van der Waals surface area contributed by atoms with Gasteiger partial charge in [0, 0.05) is 11.6 Å². The molecule has 0 unspecified atom stereocenters. The van der Waals surface area contributed by atoms with Gasteiger partial charge in [0.25, 0.3) is 0 Å². The molecule has 0 heterocycles. The molecule has 1 aromatic rings. The fourth-order valence-electron chi connectivity index (χ4n) is 3.00. The number of benzene rings is 1. The van der Waals surface area contributed by atoms with Crippen LogP contribution in [0.2, 0.25) is 5.02 Å². The Balaban J connectivity index is 2.35. The first-order chi connectivity index (χ1) is 11.3. The molecule has 0 saturated carbocycles. The lowest BCUT2D eigenvalue weighted by molar-refractivity contribution is 0.252. The zero-order valence-electron chi connectivity index (χ0n) is 15.3. The maximum atomic E-state index is 6.00. The van der Waals surface area contributed by atoms with Gasteiger partial charge in [-0.2, -0.15) is 0 Å². The van der Waals surface area contributed by atoms with E-state index in [2.05, 4.69) is 30.9 Å². The average Bonchev–Trinajstić information content (AvgIpc) is 2.56. The summed E-state index contributed by atoms with van der Waals surface area (Å²) in [5.41, 5.74) is 1.39. The van der Waals surface area contributed by atoms with Crippen LogP contribution in [0.4, 0.5) is 0 Å². The Hall–Kier alpha value is -0.530. The Morgan fingerprint density at radius 3 is 1.65 bits per heavy atom. The number of hydrogen-bond donors (Lipinski definition) is 0. The normalized spacial score (nSPS) is 11.3. The molecule has 0 fully saturated rings. The molecule has 0 atom stereocenters. The van der Waals surface area contributed by atoms with Gasteiger partial charge < -0.3 is 0 Å². The number of rotatable bonds is 14. The molecule has 0 N–H and O–H groups in total. The van der Waals surface area contributed by atoms with Crippen LogP contribution in [0.25, 0.3) is 0 Å². The van der Waals surface area contributed by atoms with Gasteiger partial charge in [0.2, 0.25) is 0 Å². The maximum absolute atomic E-state index is 6.00. The van der Waals surface area contributed by atoms with Crippen LogP contribution in [0.5, 0.6) is 0 Å². The molecule has 0 aliphatic heterocycles. The van der Waals surface area contributed by atoms with Crippen LogP contribution in [-0.2, 0) is 6.54 Å². The molecule has 0 saturated heterocycles. The highest BCUT2D eigenvalue weighted by molar-refractivity contribution is 6.30. The van der Waals surface area contributed by atoms with Gasteiger partial charge in [0.15, 0.2) is 0 Å². The molecule has 0 amide bonds. The van der Waals surface area contributed by atoms with Gasteiger partial charge in [-0.3, -0.25) is 4.90 Å². The van der Waals surface area contributed by atoms with Crippen molar-refractivity contribution in [1.82, 2.24) is 4.90 Å². The zero-order chi connectivity index (χ0) is 16.8. The lowest BCUT2D eigenvalue weighted by atomic mass is 10.1. The molecule has 1 rings (SSSR count). The van der Waals surface area contributed by atoms with Crippen molar-refractivity contribution < 1.29 is 0 Å². The molecule has 1 nitrogen and oxygen atoms in total. The fraction of sp³-hybridized carbons (Fsp3) is 0.714. The second kappa shape index (κ2) is 13.9. The molecular formula is C21H36ClN. The lowest BCUT2D eigenvalue weighted by Gasteiger charge is -2.22. The van der Waals surface area contributed by atoms with E-state index >= 15 is 0 Å². The maximum Gasteiger partial charge on any atom is 0.0406 e. The standard InChI is InChI=1S/C21H36ClN/c1-3-5-7-9-11-17-23(18-12-10-8-6-4-2)19-20-13-15-21(22)16-14-20/h13-16H,3-12,17-19H2,1-2H3. The highest BCUT2D eigenvalue weighted by Gasteiger charge is 2.06. The van der Waals surface area contributed by atoms with E-state index < -0.39 is 0 Å². The van der Waals surface area contributed by atoms with Crippen molar-refractivity contribution in [3.8, 4) is 0 Å². The number of halogens is 1. The van der Waals surface area contributed by atoms with Crippen molar-refractivity contribution in [3.05, 3.63) is 34.9 Å². The topological polar surface area (TPSA) is 3.24 Å². The molecule has 132 valence electrons. The van der Waals surface area contributed by atoms with Gasteiger partial charge in [-0.25, -0.2) is 0 Å². The quantitative estimate of drug-likeness (QED) is 0.328. The Bertz CT molecular complexity index is 360. The number of hydrogen-bond acceptors (Lipinski definition) is 1. The highest BCUT2D eigenvalue weighted by atomic mass is 35.5. The predicted octanol–water partition coefficient (Wildman–Crippen LogP) is 7.08. The minimum absolute atomic E-state index is 0.833. The van der Waals surface area contributed by atoms with E-state index in [0.29, 0.717) is 0 Å². The predicted molar refractivity (Wildman–Crippen MR) is 104 cm³/mol. The van der Waals surface area contributed by atoms with Crippen LogP contribution in [0.3, 0.4) is 0 Å². The van der Waals surface area contributed by atoms with Gasteiger partial charge in [-0.15, -0.1) is 0 Å². The summed E-state index contributed by atoms with van der Waals surface area (Å²) in [6, 6.07) is 8.36. The van der Waals surface area contributed by atoms with Gasteiger partial charge in [-0.05, 0) is 43.6 Å². The molecule has 0 radical (unpaired) electrons. The second-order valence-corrected chi connectivity index (χ2v) is 7.17. The van der Waals surface area contributed by atoms with Crippen molar-refractivity contribution in [2.45, 2.75) is 84.6 Å². The summed E-state index contributed by atoms with van der Waals surface area (Å²) in [5, 5.41) is 0.833. The van der Waals surface area contributed by atoms with Gasteiger partial charge in [-0.1, -0.05) is 88.9 Å². The summed E-state index contributed by atoms with van der Waals surface area (Å²) < 4.78 is 0. The first kappa shape index (κ1) is 20.5. The molecule has 0 bridgehead atoms. The van der Waals surface area contributed by atoms with E-state index in [1.807, 2.05) is 12.1 Å². The molecule has 0 aliphatic carbocycles. The summed E-state index contributed by atoms with van der Waals surface area (Å²) >= 11 is 6.00. The van der Waals surface area contributed by atoms with Crippen LogP contribution < -0.4 is 0 Å².